The zero-order valence-corrected chi connectivity index (χ0v) is 9.10. The van der Waals surface area contributed by atoms with Gasteiger partial charge in [0, 0.05) is 11.4 Å². The van der Waals surface area contributed by atoms with Crippen LogP contribution in [0.5, 0.6) is 0 Å². The number of rotatable bonds is 4. The van der Waals surface area contributed by atoms with Gasteiger partial charge < -0.3 is 26.8 Å². The van der Waals surface area contributed by atoms with Gasteiger partial charge in [0.1, 0.15) is 6.61 Å². The molecule has 7 heteroatoms. The maximum atomic E-state index is 11.3. The van der Waals surface area contributed by atoms with Gasteiger partial charge in [-0.2, -0.15) is 0 Å². The Hall–Kier alpha value is -2.44. The molecule has 0 aliphatic rings. The number of nitrogen functional groups attached to an aromatic ring is 1. The van der Waals surface area contributed by atoms with Gasteiger partial charge in [-0.3, -0.25) is 0 Å². The lowest BCUT2D eigenvalue weighted by atomic mass is 10.3. The van der Waals surface area contributed by atoms with Gasteiger partial charge in [0.25, 0.3) is 0 Å². The highest BCUT2D eigenvalue weighted by atomic mass is 16.5. The van der Waals surface area contributed by atoms with Gasteiger partial charge in [0.15, 0.2) is 0 Å². The Labute approximate surface area is 98.1 Å². The van der Waals surface area contributed by atoms with Crippen molar-refractivity contribution in [3.05, 3.63) is 24.3 Å². The van der Waals surface area contributed by atoms with E-state index < -0.39 is 12.1 Å². The fraction of sp³-hybridized carbons (Fsp3) is 0.200. The largest absolute Gasteiger partial charge is 0.448 e. The first-order chi connectivity index (χ1) is 8.08. The Kier molecular flexibility index (Phi) is 4.61. The van der Waals surface area contributed by atoms with Crippen molar-refractivity contribution in [3.8, 4) is 0 Å². The first kappa shape index (κ1) is 12.6. The van der Waals surface area contributed by atoms with E-state index in [1.54, 1.807) is 24.3 Å². The molecule has 0 spiro atoms. The van der Waals surface area contributed by atoms with Gasteiger partial charge in [-0.1, -0.05) is 6.07 Å². The van der Waals surface area contributed by atoms with Crippen LogP contribution < -0.4 is 22.1 Å². The number of ether oxygens (including phenoxy) is 1. The van der Waals surface area contributed by atoms with Crippen LogP contribution in [0.3, 0.4) is 0 Å². The van der Waals surface area contributed by atoms with E-state index in [2.05, 4.69) is 15.4 Å². The zero-order chi connectivity index (χ0) is 12.7. The Morgan fingerprint density at radius 2 is 2.12 bits per heavy atom. The smallest absolute Gasteiger partial charge is 0.404 e. The molecular formula is C10H14N4O3. The Morgan fingerprint density at radius 1 is 1.35 bits per heavy atom. The van der Waals surface area contributed by atoms with Crippen molar-refractivity contribution in [2.24, 2.45) is 5.73 Å². The van der Waals surface area contributed by atoms with Crippen LogP contribution in [-0.2, 0) is 4.74 Å². The van der Waals surface area contributed by atoms with E-state index >= 15 is 0 Å². The number of benzene rings is 1. The first-order valence-corrected chi connectivity index (χ1v) is 4.90. The quantitative estimate of drug-likeness (QED) is 0.450. The van der Waals surface area contributed by atoms with Crippen LogP contribution in [0, 0.1) is 0 Å². The van der Waals surface area contributed by atoms with Gasteiger partial charge in [-0.15, -0.1) is 0 Å². The molecule has 7 nitrogen and oxygen atoms in total. The minimum atomic E-state index is -0.872. The number of nitrogens with one attached hydrogen (secondary N) is 2. The molecule has 0 saturated heterocycles. The van der Waals surface area contributed by atoms with Crippen LogP contribution in [0.1, 0.15) is 0 Å². The SMILES string of the molecule is NC(=O)OCCNC(=O)Nc1cccc(N)c1. The van der Waals surface area contributed by atoms with Crippen LogP contribution in [-0.4, -0.2) is 25.3 Å². The molecule has 1 rings (SSSR count). The highest BCUT2D eigenvalue weighted by molar-refractivity contribution is 5.89. The van der Waals surface area contributed by atoms with E-state index in [9.17, 15) is 9.59 Å². The van der Waals surface area contributed by atoms with Crippen molar-refractivity contribution in [2.75, 3.05) is 24.2 Å². The number of carbonyl (C=O) groups is 2. The molecule has 3 amide bonds. The third-order valence-electron chi connectivity index (χ3n) is 1.78. The average molecular weight is 238 g/mol. The lowest BCUT2D eigenvalue weighted by molar-refractivity contribution is 0.157. The number of primary amides is 1. The maximum absolute atomic E-state index is 11.3. The maximum Gasteiger partial charge on any atom is 0.404 e. The molecule has 0 radical (unpaired) electrons. The molecular weight excluding hydrogens is 224 g/mol. The summed E-state index contributed by atoms with van der Waals surface area (Å²) in [6.45, 7) is 0.205. The fourth-order valence-electron chi connectivity index (χ4n) is 1.11. The second-order valence-corrected chi connectivity index (χ2v) is 3.17. The molecule has 0 aromatic heterocycles. The first-order valence-electron chi connectivity index (χ1n) is 4.90. The Bertz CT molecular complexity index is 408. The third kappa shape index (κ3) is 5.26. The topological polar surface area (TPSA) is 119 Å². The number of urea groups is 1. The standard InChI is InChI=1S/C10H14N4O3/c11-7-2-1-3-8(6-7)14-10(16)13-4-5-17-9(12)15/h1-3,6H,4-5,11H2,(H2,12,15)(H2,13,14,16). The summed E-state index contributed by atoms with van der Waals surface area (Å²) >= 11 is 0. The van der Waals surface area contributed by atoms with Gasteiger partial charge in [0.2, 0.25) is 0 Å². The predicted octanol–water partition coefficient (Wildman–Crippen LogP) is 0.486. The van der Waals surface area contributed by atoms with Crippen LogP contribution in [0.2, 0.25) is 0 Å². The average Bonchev–Trinajstić information content (AvgIpc) is 2.24. The number of hydrogen-bond donors (Lipinski definition) is 4. The number of nitrogens with two attached hydrogens (primary N) is 2. The number of carbonyl (C=O) groups excluding carboxylic acids is 2. The van der Waals surface area contributed by atoms with Crippen molar-refractivity contribution in [3.63, 3.8) is 0 Å². The van der Waals surface area contributed by atoms with Crippen molar-refractivity contribution < 1.29 is 14.3 Å². The minimum absolute atomic E-state index is 0.0275. The van der Waals surface area contributed by atoms with Crippen LogP contribution in [0.15, 0.2) is 24.3 Å². The second kappa shape index (κ2) is 6.21. The summed E-state index contributed by atoms with van der Waals surface area (Å²) in [5.41, 5.74) is 11.4. The molecule has 0 fully saturated rings. The second-order valence-electron chi connectivity index (χ2n) is 3.17. The molecule has 0 aliphatic carbocycles. The summed E-state index contributed by atoms with van der Waals surface area (Å²) in [4.78, 5) is 21.6. The molecule has 0 bridgehead atoms. The van der Waals surface area contributed by atoms with E-state index in [4.69, 9.17) is 11.5 Å². The van der Waals surface area contributed by atoms with Gasteiger partial charge in [0.05, 0.1) is 6.54 Å². The van der Waals surface area contributed by atoms with E-state index in [0.717, 1.165) is 0 Å². The third-order valence-corrected chi connectivity index (χ3v) is 1.78. The highest BCUT2D eigenvalue weighted by Gasteiger charge is 2.01. The monoisotopic (exact) mass is 238 g/mol. The molecule has 0 heterocycles. The van der Waals surface area contributed by atoms with Gasteiger partial charge in [-0.25, -0.2) is 9.59 Å². The molecule has 0 aliphatic heterocycles. The number of amides is 3. The van der Waals surface area contributed by atoms with Crippen LogP contribution in [0.4, 0.5) is 21.0 Å². The van der Waals surface area contributed by atoms with Crippen molar-refractivity contribution in [1.82, 2.24) is 5.32 Å². The van der Waals surface area contributed by atoms with E-state index in [0.29, 0.717) is 11.4 Å². The number of anilines is 2. The molecule has 92 valence electrons. The van der Waals surface area contributed by atoms with Crippen molar-refractivity contribution >= 4 is 23.5 Å². The summed E-state index contributed by atoms with van der Waals surface area (Å²) in [6.07, 6.45) is -0.872. The van der Waals surface area contributed by atoms with E-state index in [-0.39, 0.29) is 13.2 Å². The zero-order valence-electron chi connectivity index (χ0n) is 9.10. The molecule has 0 atom stereocenters. The summed E-state index contributed by atoms with van der Waals surface area (Å²) in [7, 11) is 0. The molecule has 17 heavy (non-hydrogen) atoms. The van der Waals surface area contributed by atoms with E-state index in [1.807, 2.05) is 0 Å². The Morgan fingerprint density at radius 3 is 2.76 bits per heavy atom. The van der Waals surface area contributed by atoms with Gasteiger partial charge >= 0.3 is 12.1 Å². The highest BCUT2D eigenvalue weighted by Crippen LogP contribution is 2.11. The van der Waals surface area contributed by atoms with Crippen LogP contribution in [0.25, 0.3) is 0 Å². The molecule has 1 aromatic rings. The summed E-state index contributed by atoms with van der Waals surface area (Å²) < 4.78 is 4.44. The van der Waals surface area contributed by atoms with Gasteiger partial charge in [-0.05, 0) is 18.2 Å². The lowest BCUT2D eigenvalue weighted by Gasteiger charge is -2.07. The van der Waals surface area contributed by atoms with Crippen molar-refractivity contribution in [2.45, 2.75) is 0 Å². The minimum Gasteiger partial charge on any atom is -0.448 e. The fourth-order valence-corrected chi connectivity index (χ4v) is 1.11. The Balaban J connectivity index is 2.27. The number of hydrogen-bond acceptors (Lipinski definition) is 4. The molecule has 0 saturated carbocycles. The van der Waals surface area contributed by atoms with Crippen molar-refractivity contribution in [1.29, 1.82) is 0 Å². The lowest BCUT2D eigenvalue weighted by Crippen LogP contribution is -2.32. The van der Waals surface area contributed by atoms with E-state index in [1.165, 1.54) is 0 Å². The van der Waals surface area contributed by atoms with Crippen LogP contribution >= 0.6 is 0 Å². The summed E-state index contributed by atoms with van der Waals surface area (Å²) in [6, 6.07) is 6.35. The normalized spacial score (nSPS) is 9.41. The molecule has 6 N–H and O–H groups in total. The summed E-state index contributed by atoms with van der Waals surface area (Å²) in [5.74, 6) is 0. The molecule has 1 aromatic carbocycles. The summed E-state index contributed by atoms with van der Waals surface area (Å²) in [5, 5.41) is 5.05. The molecule has 0 unspecified atom stereocenters. The predicted molar refractivity (Wildman–Crippen MR) is 63.4 cm³/mol.